The minimum absolute atomic E-state index is 0.0119. The van der Waals surface area contributed by atoms with Crippen LogP contribution in [0.3, 0.4) is 0 Å². The summed E-state index contributed by atoms with van der Waals surface area (Å²) in [5, 5.41) is 8.66. The van der Waals surface area contributed by atoms with E-state index in [-0.39, 0.29) is 12.3 Å². The maximum atomic E-state index is 10.5. The number of carbonyl (C=O) groups is 1. The monoisotopic (exact) mass is 203 g/mol. The van der Waals surface area contributed by atoms with E-state index < -0.39 is 5.97 Å². The van der Waals surface area contributed by atoms with E-state index in [0.717, 1.165) is 11.1 Å². The third-order valence-corrected chi connectivity index (χ3v) is 2.19. The van der Waals surface area contributed by atoms with Crippen LogP contribution in [0.1, 0.15) is 30.9 Å². The van der Waals surface area contributed by atoms with Gasteiger partial charge < -0.3 is 5.11 Å². The molecule has 0 aliphatic heterocycles. The molecule has 1 aromatic carbocycles. The molecule has 0 aliphatic carbocycles. The molecule has 3 nitrogen and oxygen atoms in total. The SMILES string of the molecule is [C-]#[N+]c1ccc(CC(=O)O)cc1C(C)C. The summed E-state index contributed by atoms with van der Waals surface area (Å²) < 4.78 is 0. The van der Waals surface area contributed by atoms with Gasteiger partial charge in [0.25, 0.3) is 0 Å². The van der Waals surface area contributed by atoms with Gasteiger partial charge in [0.15, 0.2) is 5.69 Å². The van der Waals surface area contributed by atoms with Crippen molar-refractivity contribution in [3.05, 3.63) is 40.7 Å². The Balaban J connectivity index is 3.11. The number of nitrogens with zero attached hydrogens (tertiary/aromatic N) is 1. The number of aliphatic carboxylic acids is 1. The van der Waals surface area contributed by atoms with Crippen molar-refractivity contribution in [1.82, 2.24) is 0 Å². The van der Waals surface area contributed by atoms with Crippen molar-refractivity contribution in [1.29, 1.82) is 0 Å². The van der Waals surface area contributed by atoms with Crippen molar-refractivity contribution in [3.63, 3.8) is 0 Å². The zero-order chi connectivity index (χ0) is 11.4. The maximum Gasteiger partial charge on any atom is 0.307 e. The quantitative estimate of drug-likeness (QED) is 0.767. The van der Waals surface area contributed by atoms with Crippen LogP contribution in [0.25, 0.3) is 4.85 Å². The number of carboxylic acid groups (broad SMARTS) is 1. The Bertz CT molecular complexity index is 416. The molecule has 15 heavy (non-hydrogen) atoms. The molecule has 1 N–H and O–H groups in total. The number of rotatable bonds is 3. The Hall–Kier alpha value is -1.82. The number of hydrogen-bond acceptors (Lipinski definition) is 1. The topological polar surface area (TPSA) is 41.7 Å². The molecule has 1 rings (SSSR count). The fraction of sp³-hybridized carbons (Fsp3) is 0.333. The largest absolute Gasteiger partial charge is 0.481 e. The van der Waals surface area contributed by atoms with E-state index in [1.165, 1.54) is 0 Å². The first-order chi connectivity index (χ1) is 7.04. The van der Waals surface area contributed by atoms with Gasteiger partial charge in [-0.05, 0) is 17.0 Å². The van der Waals surface area contributed by atoms with E-state index in [1.807, 2.05) is 19.9 Å². The molecular weight excluding hydrogens is 190 g/mol. The second-order valence-electron chi connectivity index (χ2n) is 3.73. The Kier molecular flexibility index (Phi) is 3.46. The normalized spacial score (nSPS) is 10.0. The molecule has 0 aromatic heterocycles. The molecule has 0 saturated heterocycles. The van der Waals surface area contributed by atoms with E-state index in [4.69, 9.17) is 11.7 Å². The number of benzene rings is 1. The van der Waals surface area contributed by atoms with Gasteiger partial charge in [0.05, 0.1) is 13.0 Å². The Morgan fingerprint density at radius 1 is 1.53 bits per heavy atom. The second kappa shape index (κ2) is 4.61. The Morgan fingerprint density at radius 2 is 2.20 bits per heavy atom. The van der Waals surface area contributed by atoms with E-state index in [1.54, 1.807) is 12.1 Å². The van der Waals surface area contributed by atoms with Crippen LogP contribution in [0.2, 0.25) is 0 Å². The Labute approximate surface area is 89.2 Å². The molecule has 0 radical (unpaired) electrons. The molecule has 3 heteroatoms. The van der Waals surface area contributed by atoms with Crippen LogP contribution in [-0.4, -0.2) is 11.1 Å². The van der Waals surface area contributed by atoms with Gasteiger partial charge in [-0.3, -0.25) is 4.79 Å². The van der Waals surface area contributed by atoms with Crippen LogP contribution in [0.15, 0.2) is 18.2 Å². The number of carboxylic acids is 1. The molecule has 0 amide bonds. The third kappa shape index (κ3) is 2.81. The highest BCUT2D eigenvalue weighted by Crippen LogP contribution is 2.27. The van der Waals surface area contributed by atoms with Gasteiger partial charge in [-0.1, -0.05) is 32.0 Å². The molecular formula is C12H13NO2. The minimum atomic E-state index is -0.847. The molecule has 0 heterocycles. The molecule has 78 valence electrons. The van der Waals surface area contributed by atoms with Crippen molar-refractivity contribution in [2.24, 2.45) is 0 Å². The summed E-state index contributed by atoms with van der Waals surface area (Å²) in [6.45, 7) is 11.0. The Morgan fingerprint density at radius 3 is 2.67 bits per heavy atom. The maximum absolute atomic E-state index is 10.5. The van der Waals surface area contributed by atoms with Crippen molar-refractivity contribution < 1.29 is 9.90 Å². The lowest BCUT2D eigenvalue weighted by atomic mass is 9.98. The highest BCUT2D eigenvalue weighted by molar-refractivity contribution is 5.71. The van der Waals surface area contributed by atoms with Gasteiger partial charge >= 0.3 is 5.97 Å². The standard InChI is InChI=1S/C12H13NO2/c1-8(2)10-6-9(7-12(14)15)4-5-11(10)13-3/h4-6,8H,7H2,1-2H3,(H,14,15). The highest BCUT2D eigenvalue weighted by Gasteiger charge is 2.09. The number of hydrogen-bond donors (Lipinski definition) is 1. The molecule has 0 fully saturated rings. The molecule has 0 saturated carbocycles. The van der Waals surface area contributed by atoms with Gasteiger partial charge in [0.1, 0.15) is 0 Å². The van der Waals surface area contributed by atoms with Gasteiger partial charge in [-0.15, -0.1) is 0 Å². The lowest BCUT2D eigenvalue weighted by Crippen LogP contribution is -2.01. The highest BCUT2D eigenvalue weighted by atomic mass is 16.4. The summed E-state index contributed by atoms with van der Waals surface area (Å²) in [7, 11) is 0. The van der Waals surface area contributed by atoms with E-state index in [2.05, 4.69) is 4.85 Å². The van der Waals surface area contributed by atoms with Crippen molar-refractivity contribution >= 4 is 11.7 Å². The zero-order valence-electron chi connectivity index (χ0n) is 8.82. The van der Waals surface area contributed by atoms with Gasteiger partial charge in [0.2, 0.25) is 0 Å². The minimum Gasteiger partial charge on any atom is -0.481 e. The summed E-state index contributed by atoms with van der Waals surface area (Å²) in [4.78, 5) is 14.0. The van der Waals surface area contributed by atoms with Crippen LogP contribution in [0.4, 0.5) is 5.69 Å². The lowest BCUT2D eigenvalue weighted by molar-refractivity contribution is -0.136. The first-order valence-electron chi connectivity index (χ1n) is 4.76. The molecule has 0 atom stereocenters. The van der Waals surface area contributed by atoms with Crippen LogP contribution in [-0.2, 0) is 11.2 Å². The van der Waals surface area contributed by atoms with Crippen molar-refractivity contribution in [3.8, 4) is 0 Å². The predicted molar refractivity (Wildman–Crippen MR) is 58.1 cm³/mol. The summed E-state index contributed by atoms with van der Waals surface area (Å²) >= 11 is 0. The zero-order valence-corrected chi connectivity index (χ0v) is 8.82. The van der Waals surface area contributed by atoms with Gasteiger partial charge in [-0.25, -0.2) is 4.85 Å². The average Bonchev–Trinajstić information content (AvgIpc) is 2.16. The average molecular weight is 203 g/mol. The van der Waals surface area contributed by atoms with E-state index >= 15 is 0 Å². The van der Waals surface area contributed by atoms with E-state index in [0.29, 0.717) is 5.69 Å². The first-order valence-corrected chi connectivity index (χ1v) is 4.76. The van der Waals surface area contributed by atoms with Crippen molar-refractivity contribution in [2.45, 2.75) is 26.2 Å². The van der Waals surface area contributed by atoms with E-state index in [9.17, 15) is 4.79 Å². The fourth-order valence-corrected chi connectivity index (χ4v) is 1.45. The molecule has 0 spiro atoms. The molecule has 1 aromatic rings. The van der Waals surface area contributed by atoms with Crippen LogP contribution < -0.4 is 0 Å². The molecule has 0 bridgehead atoms. The van der Waals surface area contributed by atoms with Crippen LogP contribution in [0, 0.1) is 6.57 Å². The molecule has 0 unspecified atom stereocenters. The fourth-order valence-electron chi connectivity index (χ4n) is 1.45. The lowest BCUT2D eigenvalue weighted by Gasteiger charge is -2.09. The van der Waals surface area contributed by atoms with Gasteiger partial charge in [-0.2, -0.15) is 0 Å². The predicted octanol–water partition coefficient (Wildman–Crippen LogP) is 2.99. The van der Waals surface area contributed by atoms with Gasteiger partial charge in [0, 0.05) is 0 Å². The van der Waals surface area contributed by atoms with Crippen LogP contribution in [0.5, 0.6) is 0 Å². The smallest absolute Gasteiger partial charge is 0.307 e. The summed E-state index contributed by atoms with van der Waals surface area (Å²) in [5.41, 5.74) is 2.28. The second-order valence-corrected chi connectivity index (χ2v) is 3.73. The third-order valence-electron chi connectivity index (χ3n) is 2.19. The summed E-state index contributed by atoms with van der Waals surface area (Å²) in [5.74, 6) is -0.608. The van der Waals surface area contributed by atoms with Crippen molar-refractivity contribution in [2.75, 3.05) is 0 Å². The summed E-state index contributed by atoms with van der Waals surface area (Å²) in [6, 6.07) is 5.21. The first kappa shape index (κ1) is 11.3. The van der Waals surface area contributed by atoms with Crippen LogP contribution >= 0.6 is 0 Å². The molecule has 0 aliphatic rings. The summed E-state index contributed by atoms with van der Waals surface area (Å²) in [6.07, 6.45) is 0.0119.